The van der Waals surface area contributed by atoms with Crippen molar-refractivity contribution >= 4 is 18.2 Å². The van der Waals surface area contributed by atoms with Gasteiger partial charge < -0.3 is 19.9 Å². The molecule has 1 aliphatic heterocycles. The molecule has 0 spiro atoms. The van der Waals surface area contributed by atoms with Crippen molar-refractivity contribution in [2.75, 3.05) is 38.1 Å². The van der Waals surface area contributed by atoms with Crippen molar-refractivity contribution in [3.8, 4) is 5.75 Å². The van der Waals surface area contributed by atoms with E-state index < -0.39 is 6.36 Å². The van der Waals surface area contributed by atoms with Crippen LogP contribution in [0.4, 0.5) is 19.0 Å². The number of aromatic nitrogens is 1. The van der Waals surface area contributed by atoms with Crippen molar-refractivity contribution in [1.29, 1.82) is 0 Å². The maximum absolute atomic E-state index is 12.2. The van der Waals surface area contributed by atoms with Crippen LogP contribution in [0.3, 0.4) is 0 Å². The van der Waals surface area contributed by atoms with Gasteiger partial charge in [0.2, 0.25) is 0 Å². The van der Waals surface area contributed by atoms with Crippen LogP contribution in [0.25, 0.3) is 0 Å². The van der Waals surface area contributed by atoms with Gasteiger partial charge in [-0.05, 0) is 30.8 Å². The van der Waals surface area contributed by atoms with Gasteiger partial charge in [0, 0.05) is 51.0 Å². The first kappa shape index (κ1) is 22.3. The van der Waals surface area contributed by atoms with E-state index >= 15 is 0 Å². The van der Waals surface area contributed by atoms with Crippen molar-refractivity contribution in [2.24, 2.45) is 0 Å². The Labute approximate surface area is 168 Å². The first-order chi connectivity index (χ1) is 12.9. The van der Waals surface area contributed by atoms with Gasteiger partial charge in [-0.3, -0.25) is 0 Å². The molecule has 0 radical (unpaired) electrons. The van der Waals surface area contributed by atoms with Crippen LogP contribution in [0, 0.1) is 0 Å². The molecule has 1 fully saturated rings. The largest absolute Gasteiger partial charge is 0.573 e. The molecule has 1 saturated heterocycles. The second kappa shape index (κ2) is 9.95. The Morgan fingerprint density at radius 2 is 1.71 bits per heavy atom. The van der Waals surface area contributed by atoms with E-state index in [0.717, 1.165) is 43.1 Å². The van der Waals surface area contributed by atoms with Crippen molar-refractivity contribution in [1.82, 2.24) is 15.2 Å². The Morgan fingerprint density at radius 3 is 2.36 bits per heavy atom. The summed E-state index contributed by atoms with van der Waals surface area (Å²) in [6, 6.07) is 9.86. The molecule has 9 heteroatoms. The molecule has 1 aromatic heterocycles. The van der Waals surface area contributed by atoms with E-state index in [1.165, 1.54) is 12.1 Å². The lowest BCUT2D eigenvalue weighted by atomic mass is 10.2. The third kappa shape index (κ3) is 6.54. The van der Waals surface area contributed by atoms with E-state index in [1.54, 1.807) is 18.3 Å². The first-order valence-electron chi connectivity index (χ1n) is 8.83. The summed E-state index contributed by atoms with van der Waals surface area (Å²) < 4.78 is 40.5. The molecular weight excluding hydrogens is 393 g/mol. The number of ether oxygens (including phenoxy) is 1. The number of piperazine rings is 1. The number of nitrogens with zero attached hydrogens (tertiary/aromatic N) is 3. The lowest BCUT2D eigenvalue weighted by molar-refractivity contribution is -0.274. The lowest BCUT2D eigenvalue weighted by Gasteiger charge is -2.34. The zero-order valence-corrected chi connectivity index (χ0v) is 16.4. The van der Waals surface area contributed by atoms with Crippen molar-refractivity contribution in [3.63, 3.8) is 0 Å². The summed E-state index contributed by atoms with van der Waals surface area (Å²) in [5.41, 5.74) is 1.99. The minimum absolute atomic E-state index is 0. The molecule has 3 rings (SSSR count). The van der Waals surface area contributed by atoms with Gasteiger partial charge in [-0.25, -0.2) is 4.98 Å². The van der Waals surface area contributed by atoms with Gasteiger partial charge in [0.05, 0.1) is 0 Å². The molecule has 28 heavy (non-hydrogen) atoms. The molecule has 0 atom stereocenters. The van der Waals surface area contributed by atoms with Crippen LogP contribution in [0.2, 0.25) is 0 Å². The van der Waals surface area contributed by atoms with E-state index in [1.807, 2.05) is 12.1 Å². The highest BCUT2D eigenvalue weighted by molar-refractivity contribution is 5.85. The molecule has 1 aliphatic rings. The van der Waals surface area contributed by atoms with Crippen molar-refractivity contribution < 1.29 is 17.9 Å². The van der Waals surface area contributed by atoms with E-state index in [0.29, 0.717) is 13.1 Å². The number of likely N-dealkylation sites (N-methyl/N-ethyl adjacent to an activating group) is 1. The quantitative estimate of drug-likeness (QED) is 0.781. The smallest absolute Gasteiger partial charge is 0.406 e. The summed E-state index contributed by atoms with van der Waals surface area (Å²) in [4.78, 5) is 9.13. The SMILES string of the molecule is CN1CCN(c2ncccc2CNCc2ccc(OC(F)(F)F)cc2)CC1.Cl. The minimum Gasteiger partial charge on any atom is -0.406 e. The fraction of sp³-hybridized carbons (Fsp3) is 0.421. The standard InChI is InChI=1S/C19H23F3N4O.ClH/c1-25-9-11-26(12-10-25)18-16(3-2-8-24-18)14-23-13-15-4-6-17(7-5-15)27-19(20,21)22;/h2-8,23H,9-14H2,1H3;1H. The summed E-state index contributed by atoms with van der Waals surface area (Å²) >= 11 is 0. The number of hydrogen-bond donors (Lipinski definition) is 1. The zero-order valence-electron chi connectivity index (χ0n) is 15.6. The van der Waals surface area contributed by atoms with E-state index in [2.05, 4.69) is 31.9 Å². The van der Waals surface area contributed by atoms with Crippen molar-refractivity contribution in [3.05, 3.63) is 53.7 Å². The summed E-state index contributed by atoms with van der Waals surface area (Å²) in [7, 11) is 2.11. The highest BCUT2D eigenvalue weighted by Gasteiger charge is 2.30. The molecule has 1 N–H and O–H groups in total. The lowest BCUT2D eigenvalue weighted by Crippen LogP contribution is -2.45. The molecule has 0 amide bonds. The maximum atomic E-state index is 12.2. The summed E-state index contributed by atoms with van der Waals surface area (Å²) in [6.45, 7) is 5.09. The molecule has 0 unspecified atom stereocenters. The third-order valence-corrected chi connectivity index (χ3v) is 4.47. The Hall–Kier alpha value is -2.03. The van der Waals surface area contributed by atoms with Crippen LogP contribution in [0.1, 0.15) is 11.1 Å². The zero-order chi connectivity index (χ0) is 19.3. The number of pyridine rings is 1. The highest BCUT2D eigenvalue weighted by atomic mass is 35.5. The van der Waals surface area contributed by atoms with E-state index in [4.69, 9.17) is 0 Å². The number of rotatable bonds is 6. The molecule has 1 aromatic carbocycles. The number of nitrogens with one attached hydrogen (secondary N) is 1. The number of anilines is 1. The fourth-order valence-corrected chi connectivity index (χ4v) is 3.02. The third-order valence-electron chi connectivity index (χ3n) is 4.47. The highest BCUT2D eigenvalue weighted by Crippen LogP contribution is 2.23. The predicted octanol–water partition coefficient (Wildman–Crippen LogP) is 3.44. The van der Waals surface area contributed by atoms with Crippen LogP contribution < -0.4 is 15.0 Å². The van der Waals surface area contributed by atoms with Gasteiger partial charge >= 0.3 is 6.36 Å². The number of hydrogen-bond acceptors (Lipinski definition) is 5. The monoisotopic (exact) mass is 416 g/mol. The second-order valence-electron chi connectivity index (χ2n) is 6.57. The Kier molecular flexibility index (Phi) is 7.91. The Balaban J connectivity index is 0.00000280. The van der Waals surface area contributed by atoms with Crippen LogP contribution >= 0.6 is 12.4 Å². The molecule has 0 bridgehead atoms. The van der Waals surface area contributed by atoms with Crippen molar-refractivity contribution in [2.45, 2.75) is 19.5 Å². The van der Waals surface area contributed by atoms with Gasteiger partial charge in [-0.1, -0.05) is 18.2 Å². The topological polar surface area (TPSA) is 40.6 Å². The average molecular weight is 417 g/mol. The average Bonchev–Trinajstić information content (AvgIpc) is 2.63. The van der Waals surface area contributed by atoms with Gasteiger partial charge in [0.15, 0.2) is 0 Å². The molecule has 2 heterocycles. The van der Waals surface area contributed by atoms with E-state index in [9.17, 15) is 13.2 Å². The van der Waals surface area contributed by atoms with Gasteiger partial charge in [0.25, 0.3) is 0 Å². The number of halogens is 4. The predicted molar refractivity (Wildman–Crippen MR) is 105 cm³/mol. The minimum atomic E-state index is -4.67. The summed E-state index contributed by atoms with van der Waals surface area (Å²) in [5, 5.41) is 3.33. The maximum Gasteiger partial charge on any atom is 0.573 e. The van der Waals surface area contributed by atoms with Crippen LogP contribution in [-0.2, 0) is 13.1 Å². The normalized spacial score (nSPS) is 15.2. The Bertz CT molecular complexity index is 735. The molecule has 5 nitrogen and oxygen atoms in total. The van der Waals surface area contributed by atoms with Gasteiger partial charge in [0.1, 0.15) is 11.6 Å². The molecular formula is C19H24ClF3N4O. The molecule has 154 valence electrons. The molecule has 0 aliphatic carbocycles. The number of benzene rings is 1. The molecule has 2 aromatic rings. The van der Waals surface area contributed by atoms with Crippen LogP contribution in [0.5, 0.6) is 5.75 Å². The fourth-order valence-electron chi connectivity index (χ4n) is 3.02. The Morgan fingerprint density at radius 1 is 1.04 bits per heavy atom. The van der Waals surface area contributed by atoms with Crippen LogP contribution in [0.15, 0.2) is 42.6 Å². The second-order valence-corrected chi connectivity index (χ2v) is 6.57. The van der Waals surface area contributed by atoms with Gasteiger partial charge in [-0.2, -0.15) is 0 Å². The van der Waals surface area contributed by atoms with E-state index in [-0.39, 0.29) is 18.2 Å². The number of alkyl halides is 3. The summed E-state index contributed by atoms with van der Waals surface area (Å²) in [5.74, 6) is 0.780. The van der Waals surface area contributed by atoms with Gasteiger partial charge in [-0.15, -0.1) is 25.6 Å². The summed E-state index contributed by atoms with van der Waals surface area (Å²) in [6.07, 6.45) is -2.86. The first-order valence-corrected chi connectivity index (χ1v) is 8.83. The van der Waals surface area contributed by atoms with Crippen LogP contribution in [-0.4, -0.2) is 49.5 Å². The molecule has 0 saturated carbocycles.